The van der Waals surface area contributed by atoms with Crippen LogP contribution in [0.25, 0.3) is 39.7 Å². The van der Waals surface area contributed by atoms with Crippen molar-refractivity contribution in [3.05, 3.63) is 252 Å². The Morgan fingerprint density at radius 3 is 1.30 bits per heavy atom. The van der Waals surface area contributed by atoms with Crippen LogP contribution < -0.4 is 14.3 Å². The maximum Gasteiger partial charge on any atom is 0.317 e. The van der Waals surface area contributed by atoms with Crippen LogP contribution in [0.15, 0.2) is 224 Å². The van der Waals surface area contributed by atoms with Crippen LogP contribution in [-0.4, -0.2) is 26.4 Å². The molecule has 0 radical (unpaired) electrons. The van der Waals surface area contributed by atoms with Gasteiger partial charge in [0.25, 0.3) is 11.6 Å². The molecule has 0 aliphatic carbocycles. The minimum Gasteiger partial charge on any atom is -0.347 e. The number of likely N-dealkylation sites (N-methyl/N-ethyl adjacent to an activating group) is 1. The van der Waals surface area contributed by atoms with E-state index in [9.17, 15) is 0 Å². The van der Waals surface area contributed by atoms with Crippen LogP contribution >= 0.6 is 0 Å². The molecule has 7 nitrogen and oxygen atoms in total. The van der Waals surface area contributed by atoms with Crippen LogP contribution in [0.5, 0.6) is 0 Å². The molecule has 0 fully saturated rings. The Morgan fingerprint density at radius 1 is 0.492 bits per heavy atom. The maximum atomic E-state index is 5.71. The molecule has 306 valence electrons. The number of nitrogens with zero attached hydrogens (tertiary/aromatic N) is 7. The number of fused-ring (bicyclic) bond motifs is 1. The third kappa shape index (κ3) is 7.48. The molecule has 0 amide bonds. The van der Waals surface area contributed by atoms with Crippen LogP contribution in [0, 0.1) is 0 Å². The molecule has 1 aliphatic rings. The Kier molecular flexibility index (Phi) is 10.5. The molecule has 3 heterocycles. The first-order valence-electron chi connectivity index (χ1n) is 21.6. The highest BCUT2D eigenvalue weighted by atomic mass is 15.4. The lowest BCUT2D eigenvalue weighted by Gasteiger charge is -2.23. The van der Waals surface area contributed by atoms with Gasteiger partial charge in [-0.2, -0.15) is 0 Å². The Bertz CT molecular complexity index is 2890. The Balaban J connectivity index is 1.33. The highest BCUT2D eigenvalue weighted by Crippen LogP contribution is 2.47. The van der Waals surface area contributed by atoms with Gasteiger partial charge < -0.3 is 4.90 Å². The summed E-state index contributed by atoms with van der Waals surface area (Å²) in [7, 11) is 2.17. The highest BCUT2D eigenvalue weighted by molar-refractivity contribution is 5.78. The molecule has 0 atom stereocenters. The topological polar surface area (TPSA) is 46.6 Å². The van der Waals surface area contributed by atoms with Crippen molar-refractivity contribution in [1.82, 2.24) is 19.3 Å². The van der Waals surface area contributed by atoms with E-state index in [1.807, 2.05) is 0 Å². The first-order chi connectivity index (χ1) is 31.0. The molecule has 7 aromatic carbocycles. The number of rotatable bonds is 11. The van der Waals surface area contributed by atoms with Crippen LogP contribution in [0.4, 0.5) is 5.69 Å². The van der Waals surface area contributed by atoms with Crippen molar-refractivity contribution in [1.29, 1.82) is 0 Å². The van der Waals surface area contributed by atoms with Crippen LogP contribution in [0.3, 0.4) is 0 Å². The number of hydrogen-bond donors (Lipinski definition) is 0. The second-order valence-electron chi connectivity index (χ2n) is 16.5. The van der Waals surface area contributed by atoms with Crippen molar-refractivity contribution in [2.24, 2.45) is 0 Å². The molecule has 0 spiro atoms. The third-order valence-electron chi connectivity index (χ3n) is 12.1. The molecule has 10 rings (SSSR count). The van der Waals surface area contributed by atoms with Gasteiger partial charge in [-0.1, -0.05) is 175 Å². The second kappa shape index (κ2) is 16.9. The summed E-state index contributed by atoms with van der Waals surface area (Å²) in [5, 5.41) is 11.4. The van der Waals surface area contributed by atoms with E-state index in [2.05, 4.69) is 263 Å². The van der Waals surface area contributed by atoms with Crippen LogP contribution in [-0.2, 0) is 18.5 Å². The first kappa shape index (κ1) is 39.2. The average Bonchev–Trinajstić information content (AvgIpc) is 3.96. The standard InChI is InChI=1S/C56H49N7/c1-56(2)49-36-22-23-37-50(49)59(3)51(56)39-38-48(52-57-62(46-32-18-8-19-33-46)54(44-28-14-6-15-29-44)60(52)40-42-24-10-4-11-25-42)53-58-63(47-34-20-9-21-35-47)55(45-30-16-7-17-31-45)61(53)41-43-26-12-5-13-27-43/h4-39H,40-41H2,1-3H3/q+2. The van der Waals surface area contributed by atoms with E-state index >= 15 is 0 Å². The fraction of sp³-hybridized carbons (Fsp3) is 0.107. The van der Waals surface area contributed by atoms with Gasteiger partial charge in [-0.05, 0) is 93.6 Å². The lowest BCUT2D eigenvalue weighted by molar-refractivity contribution is -0.646. The third-order valence-corrected chi connectivity index (χ3v) is 12.1. The molecule has 2 aromatic heterocycles. The number of aromatic nitrogens is 6. The quantitative estimate of drug-likeness (QED) is 0.122. The van der Waals surface area contributed by atoms with E-state index in [4.69, 9.17) is 10.2 Å². The number of anilines is 1. The van der Waals surface area contributed by atoms with Gasteiger partial charge in [0.05, 0.1) is 11.1 Å². The van der Waals surface area contributed by atoms with Gasteiger partial charge in [0.15, 0.2) is 11.4 Å². The minimum atomic E-state index is -0.260. The monoisotopic (exact) mass is 819 g/mol. The Labute approximate surface area is 369 Å². The van der Waals surface area contributed by atoms with Crippen LogP contribution in [0.1, 0.15) is 42.2 Å². The summed E-state index contributed by atoms with van der Waals surface area (Å²) >= 11 is 0. The van der Waals surface area contributed by atoms with E-state index in [0.717, 1.165) is 62.5 Å². The van der Waals surface area contributed by atoms with Gasteiger partial charge in [-0.25, -0.2) is 9.13 Å². The molecule has 0 unspecified atom stereocenters. The molecular weight excluding hydrogens is 771 g/mol. The van der Waals surface area contributed by atoms with Gasteiger partial charge in [0.2, 0.25) is 0 Å². The molecule has 1 aliphatic heterocycles. The van der Waals surface area contributed by atoms with Gasteiger partial charge >= 0.3 is 11.6 Å². The molecule has 0 N–H and O–H groups in total. The van der Waals surface area contributed by atoms with E-state index in [1.165, 1.54) is 16.9 Å². The lowest BCUT2D eigenvalue weighted by atomic mass is 9.83. The highest BCUT2D eigenvalue weighted by Gasteiger charge is 2.40. The van der Waals surface area contributed by atoms with Crippen molar-refractivity contribution >= 4 is 11.3 Å². The van der Waals surface area contributed by atoms with E-state index in [0.29, 0.717) is 13.1 Å². The predicted octanol–water partition coefficient (Wildman–Crippen LogP) is 10.8. The summed E-state index contributed by atoms with van der Waals surface area (Å²) < 4.78 is 8.95. The zero-order valence-corrected chi connectivity index (χ0v) is 35.8. The summed E-state index contributed by atoms with van der Waals surface area (Å²) in [4.78, 5) is 2.33. The normalized spacial score (nSPS) is 13.6. The predicted molar refractivity (Wildman–Crippen MR) is 253 cm³/mol. The van der Waals surface area contributed by atoms with Gasteiger partial charge in [-0.3, -0.25) is 0 Å². The number of hydrogen-bond acceptors (Lipinski definition) is 3. The van der Waals surface area contributed by atoms with Gasteiger partial charge in [0, 0.05) is 23.8 Å². The lowest BCUT2D eigenvalue weighted by Crippen LogP contribution is -2.36. The van der Waals surface area contributed by atoms with Crippen molar-refractivity contribution in [2.45, 2.75) is 32.4 Å². The number of para-hydroxylation sites is 3. The summed E-state index contributed by atoms with van der Waals surface area (Å²) in [6, 6.07) is 72.2. The zero-order valence-electron chi connectivity index (χ0n) is 35.8. The molecular formula is C56H49N7+2. The molecule has 9 aromatic rings. The smallest absolute Gasteiger partial charge is 0.317 e. The number of allylic oxidation sites excluding steroid dienone is 3. The molecule has 7 heteroatoms. The maximum absolute atomic E-state index is 5.71. The van der Waals surface area contributed by atoms with Gasteiger partial charge in [0.1, 0.15) is 18.7 Å². The second-order valence-corrected chi connectivity index (χ2v) is 16.5. The average molecular weight is 820 g/mol. The Morgan fingerprint density at radius 2 is 0.873 bits per heavy atom. The van der Waals surface area contributed by atoms with Crippen molar-refractivity contribution in [2.75, 3.05) is 11.9 Å². The van der Waals surface area contributed by atoms with E-state index in [-0.39, 0.29) is 5.41 Å². The van der Waals surface area contributed by atoms with Crippen molar-refractivity contribution in [3.63, 3.8) is 0 Å². The summed E-state index contributed by atoms with van der Waals surface area (Å²) in [6.07, 6.45) is 4.56. The Hall–Kier alpha value is -7.90. The molecule has 0 saturated carbocycles. The van der Waals surface area contributed by atoms with Crippen molar-refractivity contribution < 1.29 is 9.36 Å². The fourth-order valence-electron chi connectivity index (χ4n) is 8.99. The molecule has 0 bridgehead atoms. The fourth-order valence-corrected chi connectivity index (χ4v) is 8.99. The van der Waals surface area contributed by atoms with Crippen molar-refractivity contribution in [3.8, 4) is 34.2 Å². The van der Waals surface area contributed by atoms with Gasteiger partial charge in [-0.15, -0.1) is 0 Å². The minimum absolute atomic E-state index is 0.260. The summed E-state index contributed by atoms with van der Waals surface area (Å²) in [5.41, 5.74) is 10.7. The SMILES string of the molecule is CN1C(=CC=C(c2n[n+](-c3ccccc3)c(-c3ccccc3)n2Cc2ccccc2)c2n[n+](-c3ccccc3)c(-c3ccccc3)n2Cc2ccccc2)C(C)(C)c2ccccc21. The molecule has 0 saturated heterocycles. The molecule has 63 heavy (non-hydrogen) atoms. The van der Waals surface area contributed by atoms with E-state index in [1.54, 1.807) is 0 Å². The van der Waals surface area contributed by atoms with Crippen LogP contribution in [0.2, 0.25) is 0 Å². The number of benzene rings is 7. The zero-order chi connectivity index (χ0) is 42.8. The first-order valence-corrected chi connectivity index (χ1v) is 21.6. The summed E-state index contributed by atoms with van der Waals surface area (Å²) in [5.74, 6) is 3.50. The largest absolute Gasteiger partial charge is 0.347 e. The summed E-state index contributed by atoms with van der Waals surface area (Å²) in [6.45, 7) is 5.77. The van der Waals surface area contributed by atoms with E-state index < -0.39 is 0 Å².